The summed E-state index contributed by atoms with van der Waals surface area (Å²) in [5, 5.41) is 5.56. The summed E-state index contributed by atoms with van der Waals surface area (Å²) in [5.41, 5.74) is 5.35. The summed E-state index contributed by atoms with van der Waals surface area (Å²) in [6.07, 6.45) is 9.17. The second kappa shape index (κ2) is 12.3. The van der Waals surface area contributed by atoms with Gasteiger partial charge in [0.25, 0.3) is 5.91 Å². The van der Waals surface area contributed by atoms with E-state index in [1.165, 1.54) is 11.1 Å². The van der Waals surface area contributed by atoms with E-state index in [4.69, 9.17) is 0 Å². The molecule has 3 N–H and O–H groups in total. The number of hydrogen-bond acceptors (Lipinski definition) is 3. The number of benzene rings is 1. The van der Waals surface area contributed by atoms with E-state index < -0.39 is 0 Å². The Hall–Kier alpha value is -3.41. The molecular weight excluding hydrogens is 388 g/mol. The van der Waals surface area contributed by atoms with Gasteiger partial charge in [0.2, 0.25) is 5.91 Å². The molecule has 31 heavy (non-hydrogen) atoms. The Kier molecular flexibility index (Phi) is 9.49. The Balaban J connectivity index is 2.31. The monoisotopic (exact) mass is 420 g/mol. The largest absolute Gasteiger partial charge is 0.355 e. The molecule has 6 heteroatoms. The van der Waals surface area contributed by atoms with Crippen molar-refractivity contribution >= 4 is 11.8 Å². The number of nitrogens with zero attached hydrogens (tertiary/aromatic N) is 1. The maximum absolute atomic E-state index is 13.0. The summed E-state index contributed by atoms with van der Waals surface area (Å²) in [6.45, 7) is 6.36. The van der Waals surface area contributed by atoms with E-state index in [2.05, 4.69) is 46.6 Å². The molecule has 0 atom stereocenters. The molecule has 0 fully saturated rings. The van der Waals surface area contributed by atoms with Crippen LogP contribution < -0.4 is 10.6 Å². The minimum Gasteiger partial charge on any atom is -0.355 e. The normalized spacial score (nSPS) is 12.9. The van der Waals surface area contributed by atoms with Gasteiger partial charge in [-0.25, -0.2) is 4.98 Å². The van der Waals surface area contributed by atoms with Gasteiger partial charge < -0.3 is 15.6 Å². The van der Waals surface area contributed by atoms with Gasteiger partial charge in [0, 0.05) is 43.1 Å². The third-order valence-electron chi connectivity index (χ3n) is 5.10. The highest BCUT2D eigenvalue weighted by Gasteiger charge is 2.12. The Labute approximate surface area is 184 Å². The number of aromatic amines is 1. The topological polar surface area (TPSA) is 86.9 Å². The zero-order valence-electron chi connectivity index (χ0n) is 18.8. The molecule has 164 valence electrons. The zero-order chi connectivity index (χ0) is 22.6. The Morgan fingerprint density at radius 3 is 2.45 bits per heavy atom. The summed E-state index contributed by atoms with van der Waals surface area (Å²) in [7, 11) is 1.58. The van der Waals surface area contributed by atoms with Crippen molar-refractivity contribution in [1.29, 1.82) is 0 Å². The van der Waals surface area contributed by atoms with Crippen LogP contribution in [0.5, 0.6) is 0 Å². The fraction of sp³-hybridized carbons (Fsp3) is 0.320. The summed E-state index contributed by atoms with van der Waals surface area (Å²) in [5.74, 6) is -0.422. The van der Waals surface area contributed by atoms with E-state index in [1.807, 2.05) is 24.3 Å². The molecule has 0 aliphatic rings. The molecule has 0 saturated carbocycles. The number of imidazole rings is 1. The predicted octanol–water partition coefficient (Wildman–Crippen LogP) is 3.66. The second-order valence-electron chi connectivity index (χ2n) is 7.41. The lowest BCUT2D eigenvalue weighted by atomic mass is 9.96. The maximum Gasteiger partial charge on any atom is 0.251 e. The number of nitrogens with one attached hydrogen (secondary N) is 3. The van der Waals surface area contributed by atoms with Crippen molar-refractivity contribution in [3.63, 3.8) is 0 Å². The van der Waals surface area contributed by atoms with Crippen LogP contribution in [-0.2, 0) is 22.4 Å². The molecule has 0 aliphatic carbocycles. The number of amides is 2. The fourth-order valence-electron chi connectivity index (χ4n) is 3.06. The van der Waals surface area contributed by atoms with Gasteiger partial charge in [-0.2, -0.15) is 0 Å². The molecule has 0 aliphatic heterocycles. The molecule has 2 rings (SSSR count). The van der Waals surface area contributed by atoms with Crippen LogP contribution in [0.15, 0.2) is 77.3 Å². The quantitative estimate of drug-likeness (QED) is 0.405. The number of H-pyrrole nitrogens is 1. The summed E-state index contributed by atoms with van der Waals surface area (Å²) in [4.78, 5) is 32.1. The minimum atomic E-state index is -0.211. The van der Waals surface area contributed by atoms with E-state index in [0.29, 0.717) is 24.1 Å². The summed E-state index contributed by atoms with van der Waals surface area (Å²) >= 11 is 0. The van der Waals surface area contributed by atoms with Gasteiger partial charge in [-0.1, -0.05) is 42.8 Å². The second-order valence-corrected chi connectivity index (χ2v) is 7.41. The SMILES string of the molecule is CCC(C)=C(/C=C(\C=C(/C)C(=O)NC)C(=O)NCCc1cnc[nH]1)Cc1ccccc1. The predicted molar refractivity (Wildman–Crippen MR) is 124 cm³/mol. The van der Waals surface area contributed by atoms with Crippen molar-refractivity contribution in [2.24, 2.45) is 0 Å². The van der Waals surface area contributed by atoms with Crippen LogP contribution in [0.4, 0.5) is 0 Å². The molecule has 6 nitrogen and oxygen atoms in total. The van der Waals surface area contributed by atoms with Crippen molar-refractivity contribution in [1.82, 2.24) is 20.6 Å². The first-order valence-corrected chi connectivity index (χ1v) is 10.5. The molecule has 2 aromatic rings. The molecule has 1 heterocycles. The van der Waals surface area contributed by atoms with Gasteiger partial charge >= 0.3 is 0 Å². The number of allylic oxidation sites excluding steroid dienone is 3. The molecule has 2 amide bonds. The highest BCUT2D eigenvalue weighted by molar-refractivity contribution is 6.00. The highest BCUT2D eigenvalue weighted by Crippen LogP contribution is 2.19. The minimum absolute atomic E-state index is 0.211. The highest BCUT2D eigenvalue weighted by atomic mass is 16.2. The maximum atomic E-state index is 13.0. The molecule has 0 unspecified atom stereocenters. The molecule has 0 bridgehead atoms. The number of aromatic nitrogens is 2. The lowest BCUT2D eigenvalue weighted by molar-refractivity contribution is -0.117. The van der Waals surface area contributed by atoms with E-state index in [9.17, 15) is 9.59 Å². The van der Waals surface area contributed by atoms with Crippen molar-refractivity contribution in [3.05, 3.63) is 88.6 Å². The number of carbonyl (C=O) groups excluding carboxylic acids is 2. The smallest absolute Gasteiger partial charge is 0.251 e. The van der Waals surface area contributed by atoms with Gasteiger partial charge in [0.05, 0.1) is 6.33 Å². The molecule has 0 radical (unpaired) electrons. The Bertz CT molecular complexity index is 955. The first-order valence-electron chi connectivity index (χ1n) is 10.5. The summed E-state index contributed by atoms with van der Waals surface area (Å²) < 4.78 is 0. The van der Waals surface area contributed by atoms with Crippen LogP contribution in [0.3, 0.4) is 0 Å². The lowest BCUT2D eigenvalue weighted by Crippen LogP contribution is -2.27. The third-order valence-corrected chi connectivity index (χ3v) is 5.10. The molecular formula is C25H32N4O2. The lowest BCUT2D eigenvalue weighted by Gasteiger charge is -2.12. The van der Waals surface area contributed by atoms with E-state index in [1.54, 1.807) is 32.6 Å². The number of hydrogen-bond donors (Lipinski definition) is 3. The third kappa shape index (κ3) is 7.74. The van der Waals surface area contributed by atoms with E-state index in [0.717, 1.165) is 24.1 Å². The van der Waals surface area contributed by atoms with Gasteiger partial charge in [0.1, 0.15) is 0 Å². The molecule has 0 saturated heterocycles. The first-order chi connectivity index (χ1) is 14.9. The van der Waals surface area contributed by atoms with E-state index in [-0.39, 0.29) is 11.8 Å². The molecule has 1 aromatic heterocycles. The zero-order valence-corrected chi connectivity index (χ0v) is 18.8. The van der Waals surface area contributed by atoms with Crippen molar-refractivity contribution in [2.45, 2.75) is 40.0 Å². The molecule has 1 aromatic carbocycles. The van der Waals surface area contributed by atoms with Crippen LogP contribution in [0.2, 0.25) is 0 Å². The van der Waals surface area contributed by atoms with Crippen LogP contribution in [-0.4, -0.2) is 35.4 Å². The van der Waals surface area contributed by atoms with E-state index >= 15 is 0 Å². The van der Waals surface area contributed by atoms with Gasteiger partial charge in [0.15, 0.2) is 0 Å². The van der Waals surface area contributed by atoms with Crippen LogP contribution in [0, 0.1) is 0 Å². The summed E-state index contributed by atoms with van der Waals surface area (Å²) in [6, 6.07) is 10.2. The van der Waals surface area contributed by atoms with Gasteiger partial charge in [-0.15, -0.1) is 0 Å². The van der Waals surface area contributed by atoms with Crippen LogP contribution in [0.1, 0.15) is 38.4 Å². The van der Waals surface area contributed by atoms with Gasteiger partial charge in [-0.3, -0.25) is 9.59 Å². The van der Waals surface area contributed by atoms with Crippen molar-refractivity contribution in [2.75, 3.05) is 13.6 Å². The number of likely N-dealkylation sites (N-methyl/N-ethyl adjacent to an activating group) is 1. The Morgan fingerprint density at radius 1 is 1.10 bits per heavy atom. The van der Waals surface area contributed by atoms with Crippen molar-refractivity contribution in [3.8, 4) is 0 Å². The van der Waals surface area contributed by atoms with Gasteiger partial charge in [-0.05, 0) is 50.0 Å². The average molecular weight is 421 g/mol. The molecule has 0 spiro atoms. The Morgan fingerprint density at radius 2 is 1.84 bits per heavy atom. The van der Waals surface area contributed by atoms with Crippen molar-refractivity contribution < 1.29 is 9.59 Å². The first kappa shape index (κ1) is 23.9. The standard InChI is InChI=1S/C25H32N4O2/c1-5-18(2)21(14-20-9-7-6-8-10-20)15-22(13-19(3)24(30)26-4)25(31)28-12-11-23-16-27-17-29-23/h6-10,13,15-17H,5,11-12,14H2,1-4H3,(H,26,30)(H,27,29)(H,28,31)/b19-13+,21-18?,22-15+. The average Bonchev–Trinajstić information content (AvgIpc) is 3.30. The number of carbonyl (C=O) groups is 2. The van der Waals surface area contributed by atoms with Crippen LogP contribution >= 0.6 is 0 Å². The number of rotatable bonds is 10. The van der Waals surface area contributed by atoms with Crippen LogP contribution in [0.25, 0.3) is 0 Å². The fourth-order valence-corrected chi connectivity index (χ4v) is 3.06.